The molecule has 71 heavy (non-hydrogen) atoms. The van der Waals surface area contributed by atoms with Gasteiger partial charge in [0.05, 0.1) is 0 Å². The van der Waals surface area contributed by atoms with Crippen LogP contribution in [-0.4, -0.2) is 37.2 Å². The summed E-state index contributed by atoms with van der Waals surface area (Å²) in [5, 5.41) is 0. The van der Waals surface area contributed by atoms with Crippen LogP contribution in [0.5, 0.6) is 0 Å². The van der Waals surface area contributed by atoms with Crippen LogP contribution in [0.25, 0.3) is 0 Å². The molecule has 0 spiro atoms. The molecule has 0 heterocycles. The summed E-state index contributed by atoms with van der Waals surface area (Å²) in [5.74, 6) is -0.904. The number of ether oxygens (including phenoxy) is 3. The van der Waals surface area contributed by atoms with Crippen LogP contribution in [0.2, 0.25) is 0 Å². The van der Waals surface area contributed by atoms with E-state index < -0.39 is 6.10 Å². The van der Waals surface area contributed by atoms with Crippen LogP contribution >= 0.6 is 0 Å². The third-order valence-electron chi connectivity index (χ3n) is 13.5. The molecule has 0 rings (SSSR count). The standard InChI is InChI=1S/C65H116O6/c1-4-7-10-13-16-19-22-25-28-30-32-34-37-40-43-46-49-52-55-58-64(67)70-61-62(60-69-63(66)57-54-51-48-45-42-39-36-27-24-21-18-15-12-9-6-3)71-65(68)59-56-53-50-47-44-41-38-35-33-31-29-26-23-20-17-14-11-8-5-2/h16,19,25,28,31-34,40,43,62H,4-15,17-18,20-24,26-27,29-30,35-39,41-42,44-61H2,1-3H3/b19-16-,28-25-,33-31-,34-32-,43-40-/t62-/m1/s1. The van der Waals surface area contributed by atoms with Crippen LogP contribution < -0.4 is 0 Å². The Kier molecular flexibility index (Phi) is 57.2. The van der Waals surface area contributed by atoms with Crippen molar-refractivity contribution in [1.82, 2.24) is 0 Å². The van der Waals surface area contributed by atoms with Gasteiger partial charge in [0, 0.05) is 19.3 Å². The quantitative estimate of drug-likeness (QED) is 0.0261. The van der Waals surface area contributed by atoms with Gasteiger partial charge in [-0.2, -0.15) is 0 Å². The number of carbonyl (C=O) groups is 3. The van der Waals surface area contributed by atoms with Crippen LogP contribution in [0.4, 0.5) is 0 Å². The lowest BCUT2D eigenvalue weighted by Crippen LogP contribution is -2.30. The Morgan fingerprint density at radius 3 is 0.845 bits per heavy atom. The van der Waals surface area contributed by atoms with Gasteiger partial charge in [-0.25, -0.2) is 0 Å². The van der Waals surface area contributed by atoms with Crippen molar-refractivity contribution in [2.24, 2.45) is 0 Å². The van der Waals surface area contributed by atoms with Gasteiger partial charge in [-0.1, -0.05) is 268 Å². The molecule has 6 nitrogen and oxygen atoms in total. The van der Waals surface area contributed by atoms with Gasteiger partial charge in [0.2, 0.25) is 0 Å². The van der Waals surface area contributed by atoms with Crippen molar-refractivity contribution < 1.29 is 28.6 Å². The second-order valence-electron chi connectivity index (χ2n) is 20.6. The summed E-state index contributed by atoms with van der Waals surface area (Å²) in [6.45, 7) is 6.62. The molecule has 0 saturated heterocycles. The zero-order chi connectivity index (χ0) is 51.4. The molecule has 0 fully saturated rings. The summed E-state index contributed by atoms with van der Waals surface area (Å²) in [5.41, 5.74) is 0. The number of hydrogen-bond acceptors (Lipinski definition) is 6. The van der Waals surface area contributed by atoms with Crippen molar-refractivity contribution >= 4 is 17.9 Å². The van der Waals surface area contributed by atoms with Gasteiger partial charge in [0.1, 0.15) is 13.2 Å². The van der Waals surface area contributed by atoms with Gasteiger partial charge >= 0.3 is 17.9 Å². The Balaban J connectivity index is 4.42. The first-order valence-corrected chi connectivity index (χ1v) is 30.8. The zero-order valence-corrected chi connectivity index (χ0v) is 47.2. The molecule has 0 amide bonds. The second kappa shape index (κ2) is 59.7. The summed E-state index contributed by atoms with van der Waals surface area (Å²) in [6.07, 6.45) is 75.0. The van der Waals surface area contributed by atoms with E-state index in [1.54, 1.807) is 0 Å². The Morgan fingerprint density at radius 2 is 0.507 bits per heavy atom. The van der Waals surface area contributed by atoms with E-state index >= 15 is 0 Å². The molecule has 0 aliphatic carbocycles. The largest absolute Gasteiger partial charge is 0.462 e. The van der Waals surface area contributed by atoms with Gasteiger partial charge in [-0.05, 0) is 89.9 Å². The normalized spacial score (nSPS) is 12.4. The maximum absolute atomic E-state index is 12.9. The molecule has 0 radical (unpaired) electrons. The maximum atomic E-state index is 12.9. The fraction of sp³-hybridized carbons (Fsp3) is 0.800. The first-order valence-electron chi connectivity index (χ1n) is 30.8. The van der Waals surface area contributed by atoms with Crippen molar-refractivity contribution in [3.63, 3.8) is 0 Å². The molecule has 6 heteroatoms. The lowest BCUT2D eigenvalue weighted by molar-refractivity contribution is -0.167. The van der Waals surface area contributed by atoms with E-state index in [0.717, 1.165) is 83.5 Å². The van der Waals surface area contributed by atoms with E-state index in [-0.39, 0.29) is 31.1 Å². The summed E-state index contributed by atoms with van der Waals surface area (Å²) < 4.78 is 16.9. The number of unbranched alkanes of at least 4 members (excludes halogenated alkanes) is 35. The molecule has 0 aromatic carbocycles. The fourth-order valence-electron chi connectivity index (χ4n) is 8.83. The van der Waals surface area contributed by atoms with Crippen molar-refractivity contribution in [1.29, 1.82) is 0 Å². The highest BCUT2D eigenvalue weighted by Gasteiger charge is 2.19. The lowest BCUT2D eigenvalue weighted by atomic mass is 10.0. The number of rotatable bonds is 56. The Hall–Kier alpha value is -2.89. The maximum Gasteiger partial charge on any atom is 0.306 e. The minimum Gasteiger partial charge on any atom is -0.462 e. The Morgan fingerprint density at radius 1 is 0.282 bits per heavy atom. The third kappa shape index (κ3) is 57.9. The van der Waals surface area contributed by atoms with E-state index in [9.17, 15) is 14.4 Å². The van der Waals surface area contributed by atoms with E-state index in [4.69, 9.17) is 14.2 Å². The molecular formula is C65H116O6. The zero-order valence-electron chi connectivity index (χ0n) is 47.2. The predicted molar refractivity (Wildman–Crippen MR) is 307 cm³/mol. The minimum absolute atomic E-state index is 0.0833. The topological polar surface area (TPSA) is 78.9 Å². The van der Waals surface area contributed by atoms with Crippen LogP contribution in [0.1, 0.15) is 316 Å². The van der Waals surface area contributed by atoms with Crippen LogP contribution in [0, 0.1) is 0 Å². The molecule has 0 saturated carbocycles. The Bertz CT molecular complexity index is 1280. The van der Waals surface area contributed by atoms with Crippen LogP contribution in [0.15, 0.2) is 60.8 Å². The monoisotopic (exact) mass is 993 g/mol. The molecule has 412 valence electrons. The summed E-state index contributed by atoms with van der Waals surface area (Å²) in [7, 11) is 0. The van der Waals surface area contributed by atoms with Crippen LogP contribution in [0.3, 0.4) is 0 Å². The molecule has 0 bridgehead atoms. The Labute approximate surface area is 440 Å². The van der Waals surface area contributed by atoms with Gasteiger partial charge in [-0.15, -0.1) is 0 Å². The smallest absolute Gasteiger partial charge is 0.306 e. The van der Waals surface area contributed by atoms with E-state index in [1.165, 1.54) is 193 Å². The summed E-state index contributed by atoms with van der Waals surface area (Å²) >= 11 is 0. The highest BCUT2D eigenvalue weighted by molar-refractivity contribution is 5.71. The predicted octanol–water partition coefficient (Wildman–Crippen LogP) is 20.8. The minimum atomic E-state index is -0.789. The van der Waals surface area contributed by atoms with E-state index in [0.29, 0.717) is 19.3 Å². The second-order valence-corrected chi connectivity index (χ2v) is 20.6. The molecule has 0 aliphatic heterocycles. The lowest BCUT2D eigenvalue weighted by Gasteiger charge is -2.18. The molecule has 0 aromatic rings. The molecule has 0 N–H and O–H groups in total. The average molecular weight is 994 g/mol. The first-order chi connectivity index (χ1) is 35.0. The first kappa shape index (κ1) is 68.1. The van der Waals surface area contributed by atoms with E-state index in [1.807, 2.05) is 0 Å². The van der Waals surface area contributed by atoms with Gasteiger partial charge in [-0.3, -0.25) is 14.4 Å². The number of esters is 3. The molecule has 0 unspecified atom stereocenters. The van der Waals surface area contributed by atoms with Gasteiger partial charge in [0.15, 0.2) is 6.10 Å². The summed E-state index contributed by atoms with van der Waals surface area (Å²) in [6, 6.07) is 0. The highest BCUT2D eigenvalue weighted by Crippen LogP contribution is 2.16. The SMILES string of the molecule is CCCCC/C=C\C/C=C\C/C=C\C/C=C\CCCCCC(=O)OC[C@@H](COC(=O)CCCCCCCCCCCCCCCCC)OC(=O)CCCCCCCCC/C=C\CCCCCCCCCC. The molecule has 1 atom stereocenters. The van der Waals surface area contributed by atoms with Crippen molar-refractivity contribution in [3.8, 4) is 0 Å². The van der Waals surface area contributed by atoms with Crippen molar-refractivity contribution in [2.45, 2.75) is 322 Å². The fourth-order valence-corrected chi connectivity index (χ4v) is 8.83. The van der Waals surface area contributed by atoms with Gasteiger partial charge in [0.25, 0.3) is 0 Å². The van der Waals surface area contributed by atoms with Crippen LogP contribution in [-0.2, 0) is 28.6 Å². The highest BCUT2D eigenvalue weighted by atomic mass is 16.6. The van der Waals surface area contributed by atoms with Gasteiger partial charge < -0.3 is 14.2 Å². The molecule has 0 aliphatic rings. The number of hydrogen-bond donors (Lipinski definition) is 0. The number of allylic oxidation sites excluding steroid dienone is 10. The van der Waals surface area contributed by atoms with E-state index in [2.05, 4.69) is 81.5 Å². The average Bonchev–Trinajstić information content (AvgIpc) is 3.37. The number of carbonyl (C=O) groups excluding carboxylic acids is 3. The van der Waals surface area contributed by atoms with Crippen molar-refractivity contribution in [3.05, 3.63) is 60.8 Å². The van der Waals surface area contributed by atoms with Crippen molar-refractivity contribution in [2.75, 3.05) is 13.2 Å². The molecular weight excluding hydrogens is 877 g/mol. The summed E-state index contributed by atoms with van der Waals surface area (Å²) in [4.78, 5) is 38.2. The molecule has 0 aromatic heterocycles. The third-order valence-corrected chi connectivity index (χ3v) is 13.5.